The van der Waals surface area contributed by atoms with Gasteiger partial charge in [0.2, 0.25) is 0 Å². The van der Waals surface area contributed by atoms with Crippen LogP contribution < -0.4 is 14.4 Å². The van der Waals surface area contributed by atoms with Crippen LogP contribution >= 0.6 is 0 Å². The third kappa shape index (κ3) is 2.32. The maximum Gasteiger partial charge on any atom is 0.463 e. The zero-order valence-corrected chi connectivity index (χ0v) is 16.1. The van der Waals surface area contributed by atoms with Crippen molar-refractivity contribution in [1.82, 2.24) is 0 Å². The lowest BCUT2D eigenvalue weighted by molar-refractivity contribution is -0.660. The number of hydrogen-bond acceptors (Lipinski definition) is 3. The monoisotopic (exact) mass is 348 g/mol. The van der Waals surface area contributed by atoms with Gasteiger partial charge < -0.3 is 9.32 Å². The standard InChI is InChI=1S/C22H26N3O/c1-16-10-6-7-11-18(16)22(3,4)25-17(2)24(21-23(5)14-15-26-21)19-12-8-9-13-20(19)25/h6-15,17H,1-5H3/q+1/t17-/m1/s1. The molecule has 0 unspecified atom stereocenters. The Labute approximate surface area is 155 Å². The third-order valence-electron chi connectivity index (χ3n) is 5.52. The Balaban J connectivity index is 1.88. The average Bonchev–Trinajstić information content (AvgIpc) is 3.15. The highest BCUT2D eigenvalue weighted by atomic mass is 16.4. The van der Waals surface area contributed by atoms with Crippen molar-refractivity contribution in [2.45, 2.75) is 39.4 Å². The zero-order valence-electron chi connectivity index (χ0n) is 16.1. The number of fused-ring (bicyclic) bond motifs is 1. The summed E-state index contributed by atoms with van der Waals surface area (Å²) in [6, 6.07) is 18.1. The number of nitrogens with zero attached hydrogens (tertiary/aromatic N) is 3. The number of aromatic nitrogens is 1. The predicted molar refractivity (Wildman–Crippen MR) is 105 cm³/mol. The summed E-state index contributed by atoms with van der Waals surface area (Å²) in [5.41, 5.74) is 4.88. The van der Waals surface area contributed by atoms with Gasteiger partial charge in [0.25, 0.3) is 0 Å². The van der Waals surface area contributed by atoms with E-state index in [-0.39, 0.29) is 11.7 Å². The van der Waals surface area contributed by atoms with Gasteiger partial charge in [-0.2, -0.15) is 4.90 Å². The molecule has 2 heterocycles. The fourth-order valence-corrected chi connectivity index (χ4v) is 4.37. The number of oxazole rings is 1. The molecule has 2 aromatic carbocycles. The highest BCUT2D eigenvalue weighted by Crippen LogP contribution is 2.48. The van der Waals surface area contributed by atoms with Crippen molar-refractivity contribution in [3.05, 3.63) is 72.1 Å². The van der Waals surface area contributed by atoms with E-state index in [0.29, 0.717) is 0 Å². The van der Waals surface area contributed by atoms with Gasteiger partial charge in [-0.3, -0.25) is 0 Å². The summed E-state index contributed by atoms with van der Waals surface area (Å²) in [7, 11) is 2.02. The van der Waals surface area contributed by atoms with E-state index in [4.69, 9.17) is 4.42 Å². The Kier molecular flexibility index (Phi) is 3.79. The first-order valence-corrected chi connectivity index (χ1v) is 9.10. The molecule has 0 saturated heterocycles. The number of hydrogen-bond donors (Lipinski definition) is 0. The van der Waals surface area contributed by atoms with Gasteiger partial charge in [0.15, 0.2) is 11.9 Å². The Morgan fingerprint density at radius 1 is 1.00 bits per heavy atom. The van der Waals surface area contributed by atoms with Gasteiger partial charge >= 0.3 is 6.01 Å². The highest BCUT2D eigenvalue weighted by molar-refractivity contribution is 5.82. The minimum atomic E-state index is -0.166. The van der Waals surface area contributed by atoms with Crippen molar-refractivity contribution in [3.8, 4) is 0 Å². The minimum Gasteiger partial charge on any atom is -0.396 e. The molecule has 26 heavy (non-hydrogen) atoms. The van der Waals surface area contributed by atoms with Crippen LogP contribution in [0.4, 0.5) is 17.4 Å². The molecule has 0 radical (unpaired) electrons. The average molecular weight is 348 g/mol. The summed E-state index contributed by atoms with van der Waals surface area (Å²) < 4.78 is 7.85. The van der Waals surface area contributed by atoms with Crippen LogP contribution in [0.25, 0.3) is 0 Å². The van der Waals surface area contributed by atoms with Crippen LogP contribution in [-0.2, 0) is 12.6 Å². The molecule has 0 saturated carbocycles. The van der Waals surface area contributed by atoms with Crippen LogP contribution in [0.5, 0.6) is 0 Å². The molecule has 134 valence electrons. The molecule has 0 spiro atoms. The second-order valence-electron chi connectivity index (χ2n) is 7.53. The molecule has 4 nitrogen and oxygen atoms in total. The van der Waals surface area contributed by atoms with Crippen molar-refractivity contribution in [2.75, 3.05) is 9.80 Å². The predicted octanol–water partition coefficient (Wildman–Crippen LogP) is 4.65. The number of benzene rings is 2. The smallest absolute Gasteiger partial charge is 0.396 e. The van der Waals surface area contributed by atoms with Crippen molar-refractivity contribution in [2.24, 2.45) is 7.05 Å². The van der Waals surface area contributed by atoms with E-state index in [1.807, 2.05) is 17.8 Å². The SMILES string of the molecule is Cc1ccccc1C(C)(C)N1c2ccccc2N(c2occ[n+]2C)[C@H]1C. The van der Waals surface area contributed by atoms with Crippen LogP contribution in [0.1, 0.15) is 31.9 Å². The quantitative estimate of drug-likeness (QED) is 0.644. The van der Waals surface area contributed by atoms with E-state index in [1.54, 1.807) is 6.26 Å². The van der Waals surface area contributed by atoms with Crippen LogP contribution in [-0.4, -0.2) is 6.17 Å². The lowest BCUT2D eigenvalue weighted by Gasteiger charge is -2.40. The molecule has 0 N–H and O–H groups in total. The second-order valence-corrected chi connectivity index (χ2v) is 7.53. The van der Waals surface area contributed by atoms with Gasteiger partial charge in [-0.1, -0.05) is 36.4 Å². The zero-order chi connectivity index (χ0) is 18.5. The fraction of sp³-hybridized carbons (Fsp3) is 0.318. The maximum atomic E-state index is 5.83. The summed E-state index contributed by atoms with van der Waals surface area (Å²) in [5, 5.41) is 0. The van der Waals surface area contributed by atoms with E-state index in [0.717, 1.165) is 6.01 Å². The lowest BCUT2D eigenvalue weighted by Crippen LogP contribution is -2.51. The Bertz CT molecular complexity index is 944. The van der Waals surface area contributed by atoms with Crippen LogP contribution in [0.2, 0.25) is 0 Å². The molecule has 0 bridgehead atoms. The van der Waals surface area contributed by atoms with Gasteiger partial charge in [-0.25, -0.2) is 4.57 Å². The first-order chi connectivity index (χ1) is 12.4. The summed E-state index contributed by atoms with van der Waals surface area (Å²) >= 11 is 0. The molecule has 0 fully saturated rings. The molecule has 3 aromatic rings. The molecule has 4 rings (SSSR count). The van der Waals surface area contributed by atoms with Crippen molar-refractivity contribution in [1.29, 1.82) is 0 Å². The third-order valence-corrected chi connectivity index (χ3v) is 5.52. The van der Waals surface area contributed by atoms with Gasteiger partial charge in [-0.05, 0) is 51.0 Å². The van der Waals surface area contributed by atoms with Crippen LogP contribution in [0.15, 0.2) is 65.4 Å². The molecule has 1 aliphatic heterocycles. The van der Waals surface area contributed by atoms with Crippen molar-refractivity contribution < 1.29 is 8.98 Å². The first-order valence-electron chi connectivity index (χ1n) is 9.10. The van der Waals surface area contributed by atoms with E-state index in [2.05, 4.69) is 86.0 Å². The highest BCUT2D eigenvalue weighted by Gasteiger charge is 2.48. The van der Waals surface area contributed by atoms with Gasteiger partial charge in [-0.15, -0.1) is 0 Å². The van der Waals surface area contributed by atoms with E-state index < -0.39 is 0 Å². The van der Waals surface area contributed by atoms with E-state index in [9.17, 15) is 0 Å². The first kappa shape index (κ1) is 16.7. The normalized spacial score (nSPS) is 16.9. The summed E-state index contributed by atoms with van der Waals surface area (Å²) in [6.07, 6.45) is 3.80. The molecular weight excluding hydrogens is 322 g/mol. The summed E-state index contributed by atoms with van der Waals surface area (Å²) in [4.78, 5) is 4.77. The number of aryl methyl sites for hydroxylation is 2. The number of rotatable bonds is 3. The summed E-state index contributed by atoms with van der Waals surface area (Å²) in [6.45, 7) is 9.03. The molecule has 1 atom stereocenters. The topological polar surface area (TPSA) is 23.5 Å². The largest absolute Gasteiger partial charge is 0.463 e. The second kappa shape index (κ2) is 5.90. The van der Waals surface area contributed by atoms with E-state index >= 15 is 0 Å². The Morgan fingerprint density at radius 3 is 2.31 bits per heavy atom. The Hall–Kier alpha value is -2.75. The lowest BCUT2D eigenvalue weighted by atomic mass is 9.88. The molecule has 0 aliphatic carbocycles. The molecule has 1 aromatic heterocycles. The van der Waals surface area contributed by atoms with Crippen LogP contribution in [0, 0.1) is 6.92 Å². The molecule has 0 amide bonds. The molecule has 4 heteroatoms. The van der Waals surface area contributed by atoms with Gasteiger partial charge in [0.05, 0.1) is 18.3 Å². The van der Waals surface area contributed by atoms with Crippen molar-refractivity contribution >= 4 is 17.4 Å². The molecule has 1 aliphatic rings. The summed E-state index contributed by atoms with van der Waals surface area (Å²) in [5.74, 6) is 0. The minimum absolute atomic E-state index is 0.124. The van der Waals surface area contributed by atoms with Crippen LogP contribution in [0.3, 0.4) is 0 Å². The van der Waals surface area contributed by atoms with Crippen molar-refractivity contribution in [3.63, 3.8) is 0 Å². The fourth-order valence-electron chi connectivity index (χ4n) is 4.37. The maximum absolute atomic E-state index is 5.83. The Morgan fingerprint density at radius 2 is 1.65 bits per heavy atom. The number of para-hydroxylation sites is 2. The van der Waals surface area contributed by atoms with Gasteiger partial charge in [0.1, 0.15) is 12.5 Å². The molecular formula is C22H26N3O+. The van der Waals surface area contributed by atoms with E-state index in [1.165, 1.54) is 22.5 Å². The van der Waals surface area contributed by atoms with Gasteiger partial charge in [0, 0.05) is 0 Å². The number of anilines is 3.